The Balaban J connectivity index is 1.55. The van der Waals surface area contributed by atoms with Crippen LogP contribution in [-0.2, 0) is 11.2 Å². The van der Waals surface area contributed by atoms with Crippen LogP contribution in [0.25, 0.3) is 5.70 Å². The fraction of sp³-hybridized carbons (Fsp3) is 0.724. The molecule has 0 spiro atoms. The molecule has 2 saturated carbocycles. The Morgan fingerprint density at radius 1 is 1.22 bits per heavy atom. The molecule has 1 aliphatic heterocycles. The normalized spacial score (nSPS) is 32.6. The van der Waals surface area contributed by atoms with E-state index in [9.17, 15) is 0 Å². The highest BCUT2D eigenvalue weighted by atomic mass is 19.1. The molecular formula is C29H44FNO. The summed E-state index contributed by atoms with van der Waals surface area (Å²) < 4.78 is 21.1. The van der Waals surface area contributed by atoms with Crippen LogP contribution < -0.4 is 0 Å². The maximum atomic E-state index is 15.5. The Kier molecular flexibility index (Phi) is 7.05. The third-order valence-corrected chi connectivity index (χ3v) is 9.18. The van der Waals surface area contributed by atoms with Gasteiger partial charge in [0.05, 0.1) is 6.10 Å². The van der Waals surface area contributed by atoms with Crippen LogP contribution in [0.4, 0.5) is 4.39 Å². The summed E-state index contributed by atoms with van der Waals surface area (Å²) in [7, 11) is 1.77. The van der Waals surface area contributed by atoms with Gasteiger partial charge in [0.15, 0.2) is 0 Å². The SMILES string of the molecule is C=C(c1cc(C2CC2)c(CCC2(CC)CC(C)CC2CC)cc1F)N1CC(C)C(OC)C1. The van der Waals surface area contributed by atoms with E-state index in [1.165, 1.54) is 56.1 Å². The summed E-state index contributed by atoms with van der Waals surface area (Å²) in [5.74, 6) is 2.60. The lowest BCUT2D eigenvalue weighted by molar-refractivity contribution is 0.0863. The van der Waals surface area contributed by atoms with Crippen LogP contribution in [0, 0.1) is 29.0 Å². The highest BCUT2D eigenvalue weighted by Gasteiger charge is 2.43. The summed E-state index contributed by atoms with van der Waals surface area (Å²) in [6.07, 6.45) is 10.1. The van der Waals surface area contributed by atoms with Gasteiger partial charge >= 0.3 is 0 Å². The van der Waals surface area contributed by atoms with Crippen LogP contribution in [0.2, 0.25) is 0 Å². The molecule has 5 atom stereocenters. The van der Waals surface area contributed by atoms with E-state index in [0.29, 0.717) is 22.8 Å². The minimum absolute atomic E-state index is 0.0969. The van der Waals surface area contributed by atoms with Crippen LogP contribution >= 0.6 is 0 Å². The molecule has 4 rings (SSSR count). The van der Waals surface area contributed by atoms with Crippen molar-refractivity contribution < 1.29 is 9.13 Å². The van der Waals surface area contributed by atoms with Gasteiger partial charge in [0, 0.05) is 37.4 Å². The Morgan fingerprint density at radius 2 is 1.97 bits per heavy atom. The first-order valence-electron chi connectivity index (χ1n) is 13.1. The van der Waals surface area contributed by atoms with Crippen LogP contribution in [0.1, 0.15) is 95.2 Å². The largest absolute Gasteiger partial charge is 0.379 e. The number of hydrogen-bond acceptors (Lipinski definition) is 2. The van der Waals surface area contributed by atoms with Crippen molar-refractivity contribution in [1.29, 1.82) is 0 Å². The molecule has 5 unspecified atom stereocenters. The van der Waals surface area contributed by atoms with Gasteiger partial charge in [-0.15, -0.1) is 0 Å². The molecule has 0 amide bonds. The van der Waals surface area contributed by atoms with E-state index in [0.717, 1.165) is 37.0 Å². The number of methoxy groups -OCH3 is 1. The second-order valence-electron chi connectivity index (χ2n) is 11.3. The molecule has 2 aliphatic carbocycles. The standard InChI is InChI=1S/C29H44FNO/c1-7-24-13-19(3)16-29(24,8-2)12-11-23-14-27(30)25(15-26(23)22-9-10-22)21(5)31-17-20(4)28(18-31)32-6/h14-15,19-20,22,24,28H,5,7-13,16-18H2,1-4,6H3. The second-order valence-corrected chi connectivity index (χ2v) is 11.3. The van der Waals surface area contributed by atoms with E-state index >= 15 is 4.39 Å². The van der Waals surface area contributed by atoms with Crippen molar-refractivity contribution >= 4 is 5.70 Å². The monoisotopic (exact) mass is 441 g/mol. The number of rotatable bonds is 9. The fourth-order valence-electron chi connectivity index (χ4n) is 7.06. The van der Waals surface area contributed by atoms with E-state index in [4.69, 9.17) is 4.74 Å². The summed E-state index contributed by atoms with van der Waals surface area (Å²) in [4.78, 5) is 2.21. The van der Waals surface area contributed by atoms with Gasteiger partial charge in [0.2, 0.25) is 0 Å². The molecular weight excluding hydrogens is 397 g/mol. The van der Waals surface area contributed by atoms with E-state index in [1.54, 1.807) is 7.11 Å². The molecule has 1 heterocycles. The van der Waals surface area contributed by atoms with E-state index in [2.05, 4.69) is 45.2 Å². The number of halogens is 1. The summed E-state index contributed by atoms with van der Waals surface area (Å²) >= 11 is 0. The minimum Gasteiger partial charge on any atom is -0.379 e. The van der Waals surface area contributed by atoms with Crippen molar-refractivity contribution in [2.45, 2.75) is 91.1 Å². The van der Waals surface area contributed by atoms with Crippen LogP contribution in [-0.4, -0.2) is 31.2 Å². The fourth-order valence-corrected chi connectivity index (χ4v) is 7.06. The molecule has 3 aliphatic rings. The zero-order valence-corrected chi connectivity index (χ0v) is 21.1. The van der Waals surface area contributed by atoms with Gasteiger partial charge in [0.1, 0.15) is 5.82 Å². The summed E-state index contributed by atoms with van der Waals surface area (Å²) in [6, 6.07) is 4.02. The van der Waals surface area contributed by atoms with Gasteiger partial charge < -0.3 is 9.64 Å². The molecule has 0 bridgehead atoms. The maximum absolute atomic E-state index is 15.5. The van der Waals surface area contributed by atoms with Crippen molar-refractivity contribution in [3.05, 3.63) is 41.2 Å². The number of aryl methyl sites for hydroxylation is 1. The topological polar surface area (TPSA) is 12.5 Å². The zero-order valence-electron chi connectivity index (χ0n) is 21.1. The third kappa shape index (κ3) is 4.52. The van der Waals surface area contributed by atoms with Crippen molar-refractivity contribution in [2.75, 3.05) is 20.2 Å². The predicted octanol–water partition coefficient (Wildman–Crippen LogP) is 7.43. The quantitative estimate of drug-likeness (QED) is 0.395. The molecule has 2 nitrogen and oxygen atoms in total. The lowest BCUT2D eigenvalue weighted by Crippen LogP contribution is -2.25. The van der Waals surface area contributed by atoms with Gasteiger partial charge in [-0.2, -0.15) is 0 Å². The molecule has 0 radical (unpaired) electrons. The summed E-state index contributed by atoms with van der Waals surface area (Å²) in [5.41, 5.74) is 4.61. The number of benzene rings is 1. The average molecular weight is 442 g/mol. The molecule has 1 aromatic rings. The van der Waals surface area contributed by atoms with Crippen LogP contribution in [0.15, 0.2) is 18.7 Å². The first kappa shape index (κ1) is 23.8. The lowest BCUT2D eigenvalue weighted by atomic mass is 9.70. The van der Waals surface area contributed by atoms with Crippen LogP contribution in [0.3, 0.4) is 0 Å². The van der Waals surface area contributed by atoms with Gasteiger partial charge in [-0.1, -0.05) is 47.1 Å². The third-order valence-electron chi connectivity index (χ3n) is 9.18. The Bertz CT molecular complexity index is 831. The molecule has 1 aromatic carbocycles. The van der Waals surface area contributed by atoms with Gasteiger partial charge in [-0.25, -0.2) is 4.39 Å². The zero-order chi connectivity index (χ0) is 23.0. The van der Waals surface area contributed by atoms with Crippen molar-refractivity contribution in [3.63, 3.8) is 0 Å². The minimum atomic E-state index is -0.0969. The molecule has 32 heavy (non-hydrogen) atoms. The van der Waals surface area contributed by atoms with Gasteiger partial charge in [-0.05, 0) is 85.0 Å². The number of nitrogens with zero attached hydrogens (tertiary/aromatic N) is 1. The highest BCUT2D eigenvalue weighted by molar-refractivity contribution is 5.65. The number of likely N-dealkylation sites (tertiary alicyclic amines) is 1. The molecule has 0 aromatic heterocycles. The Hall–Kier alpha value is -1.35. The van der Waals surface area contributed by atoms with Crippen molar-refractivity contribution in [3.8, 4) is 0 Å². The average Bonchev–Trinajstić information content (AvgIpc) is 3.47. The van der Waals surface area contributed by atoms with Crippen molar-refractivity contribution in [1.82, 2.24) is 4.90 Å². The molecule has 1 saturated heterocycles. The van der Waals surface area contributed by atoms with Gasteiger partial charge in [0.25, 0.3) is 0 Å². The predicted molar refractivity (Wildman–Crippen MR) is 132 cm³/mol. The Morgan fingerprint density at radius 3 is 2.56 bits per heavy atom. The number of ether oxygens (including phenoxy) is 1. The molecule has 3 fully saturated rings. The van der Waals surface area contributed by atoms with Crippen molar-refractivity contribution in [2.24, 2.45) is 23.2 Å². The first-order chi connectivity index (χ1) is 15.3. The molecule has 0 N–H and O–H groups in total. The number of hydrogen-bond donors (Lipinski definition) is 0. The Labute approximate surface area is 195 Å². The molecule has 178 valence electrons. The lowest BCUT2D eigenvalue weighted by Gasteiger charge is -2.35. The smallest absolute Gasteiger partial charge is 0.132 e. The van der Waals surface area contributed by atoms with E-state index in [1.807, 2.05) is 6.07 Å². The van der Waals surface area contributed by atoms with Crippen LogP contribution in [0.5, 0.6) is 0 Å². The van der Waals surface area contributed by atoms with E-state index < -0.39 is 0 Å². The van der Waals surface area contributed by atoms with Gasteiger partial charge in [-0.3, -0.25) is 0 Å². The maximum Gasteiger partial charge on any atom is 0.132 e. The highest BCUT2D eigenvalue weighted by Crippen LogP contribution is 2.53. The molecule has 3 heteroatoms. The second kappa shape index (κ2) is 9.49. The summed E-state index contributed by atoms with van der Waals surface area (Å²) in [5, 5.41) is 0. The first-order valence-corrected chi connectivity index (χ1v) is 13.1. The van der Waals surface area contributed by atoms with E-state index in [-0.39, 0.29) is 11.9 Å². The summed E-state index contributed by atoms with van der Waals surface area (Å²) in [6.45, 7) is 15.3.